The summed E-state index contributed by atoms with van der Waals surface area (Å²) < 4.78 is 6.80. The van der Waals surface area contributed by atoms with Gasteiger partial charge < -0.3 is 9.64 Å². The van der Waals surface area contributed by atoms with Gasteiger partial charge in [0.1, 0.15) is 12.4 Å². The van der Waals surface area contributed by atoms with E-state index in [1.807, 2.05) is 36.4 Å². The van der Waals surface area contributed by atoms with Crippen LogP contribution in [0, 0.1) is 0 Å². The smallest absolute Gasteiger partial charge is 0.271 e. The molecule has 5 nitrogen and oxygen atoms in total. The molecule has 1 N–H and O–H groups in total. The SMILES string of the molecule is CCN(CC)c1ccc(C=NNC(=O)c2ccc(OCc3ccc(Br)cc3)cc2)cc1. The summed E-state index contributed by atoms with van der Waals surface area (Å²) in [6.45, 7) is 6.67. The normalized spacial score (nSPS) is 10.8. The van der Waals surface area contributed by atoms with E-state index in [0.29, 0.717) is 17.9 Å². The molecule has 0 aliphatic heterocycles. The third-order valence-corrected chi connectivity index (χ3v) is 5.37. The fourth-order valence-corrected chi connectivity index (χ4v) is 3.30. The van der Waals surface area contributed by atoms with Gasteiger partial charge in [0.25, 0.3) is 5.91 Å². The van der Waals surface area contributed by atoms with E-state index in [0.717, 1.165) is 28.7 Å². The number of halogens is 1. The van der Waals surface area contributed by atoms with Gasteiger partial charge >= 0.3 is 0 Å². The third-order valence-electron chi connectivity index (χ3n) is 4.84. The molecule has 31 heavy (non-hydrogen) atoms. The number of amides is 1. The van der Waals surface area contributed by atoms with E-state index in [1.165, 1.54) is 5.69 Å². The van der Waals surface area contributed by atoms with Crippen molar-refractivity contribution in [2.45, 2.75) is 20.5 Å². The van der Waals surface area contributed by atoms with Gasteiger partial charge in [-0.25, -0.2) is 5.43 Å². The molecule has 3 aromatic carbocycles. The fourth-order valence-electron chi connectivity index (χ4n) is 3.04. The van der Waals surface area contributed by atoms with Crippen LogP contribution in [0.3, 0.4) is 0 Å². The topological polar surface area (TPSA) is 53.9 Å². The van der Waals surface area contributed by atoms with Crippen LogP contribution >= 0.6 is 15.9 Å². The molecule has 0 fully saturated rings. The van der Waals surface area contributed by atoms with Crippen molar-refractivity contribution in [3.63, 3.8) is 0 Å². The molecule has 0 aliphatic rings. The van der Waals surface area contributed by atoms with E-state index < -0.39 is 0 Å². The maximum atomic E-state index is 12.3. The van der Waals surface area contributed by atoms with Crippen LogP contribution in [0.1, 0.15) is 35.3 Å². The summed E-state index contributed by atoms with van der Waals surface area (Å²) in [5.41, 5.74) is 6.26. The molecular weight excluding hydrogens is 454 g/mol. The Hall–Kier alpha value is -3.12. The average molecular weight is 480 g/mol. The molecule has 1 amide bonds. The Kier molecular flexibility index (Phi) is 8.24. The number of nitrogens with zero attached hydrogens (tertiary/aromatic N) is 2. The Morgan fingerprint density at radius 1 is 0.968 bits per heavy atom. The highest BCUT2D eigenvalue weighted by molar-refractivity contribution is 9.10. The molecule has 0 aliphatic carbocycles. The number of carbonyl (C=O) groups is 1. The minimum atomic E-state index is -0.268. The van der Waals surface area contributed by atoms with E-state index in [-0.39, 0.29) is 5.91 Å². The second-order valence-electron chi connectivity index (χ2n) is 6.90. The van der Waals surface area contributed by atoms with Crippen LogP contribution in [-0.2, 0) is 6.61 Å². The highest BCUT2D eigenvalue weighted by Crippen LogP contribution is 2.16. The Bertz CT molecular complexity index is 996. The molecular formula is C25H26BrN3O2. The van der Waals surface area contributed by atoms with Crippen LogP contribution in [0.25, 0.3) is 0 Å². The second-order valence-corrected chi connectivity index (χ2v) is 7.82. The van der Waals surface area contributed by atoms with Gasteiger partial charge in [0.05, 0.1) is 6.21 Å². The first kappa shape index (κ1) is 22.6. The number of hydrogen-bond acceptors (Lipinski definition) is 4. The molecule has 6 heteroatoms. The van der Waals surface area contributed by atoms with Crippen LogP contribution < -0.4 is 15.1 Å². The molecule has 0 aromatic heterocycles. The monoisotopic (exact) mass is 479 g/mol. The lowest BCUT2D eigenvalue weighted by molar-refractivity contribution is 0.0955. The lowest BCUT2D eigenvalue weighted by Gasteiger charge is -2.20. The van der Waals surface area contributed by atoms with E-state index >= 15 is 0 Å². The summed E-state index contributed by atoms with van der Waals surface area (Å²) in [6, 6.07) is 23.1. The van der Waals surface area contributed by atoms with Crippen LogP contribution in [0.5, 0.6) is 5.75 Å². The number of carbonyl (C=O) groups excluding carboxylic acids is 1. The van der Waals surface area contributed by atoms with Gasteiger partial charge in [-0.1, -0.05) is 40.2 Å². The average Bonchev–Trinajstić information content (AvgIpc) is 2.81. The Labute approximate surface area is 191 Å². The molecule has 0 bridgehead atoms. The third kappa shape index (κ3) is 6.69. The lowest BCUT2D eigenvalue weighted by atomic mass is 10.2. The maximum absolute atomic E-state index is 12.3. The number of ether oxygens (including phenoxy) is 1. The first-order valence-electron chi connectivity index (χ1n) is 10.2. The number of benzene rings is 3. The van der Waals surface area contributed by atoms with E-state index in [1.54, 1.807) is 30.5 Å². The van der Waals surface area contributed by atoms with E-state index in [2.05, 4.69) is 57.3 Å². The largest absolute Gasteiger partial charge is 0.489 e. The van der Waals surface area contributed by atoms with Crippen molar-refractivity contribution in [1.29, 1.82) is 0 Å². The van der Waals surface area contributed by atoms with Crippen molar-refractivity contribution in [3.05, 3.63) is 94.0 Å². The quantitative estimate of drug-likeness (QED) is 0.319. The number of hydrazone groups is 1. The molecule has 0 radical (unpaired) electrons. The first-order chi connectivity index (χ1) is 15.1. The molecule has 0 heterocycles. The fraction of sp³-hybridized carbons (Fsp3) is 0.200. The first-order valence-corrected chi connectivity index (χ1v) is 11.0. The van der Waals surface area contributed by atoms with Crippen LogP contribution in [0.15, 0.2) is 82.4 Å². The lowest BCUT2D eigenvalue weighted by Crippen LogP contribution is -2.21. The Morgan fingerprint density at radius 3 is 2.23 bits per heavy atom. The molecule has 160 valence electrons. The summed E-state index contributed by atoms with van der Waals surface area (Å²) >= 11 is 3.42. The van der Waals surface area contributed by atoms with Crippen molar-refractivity contribution in [3.8, 4) is 5.75 Å². The molecule has 0 saturated carbocycles. The second kappa shape index (κ2) is 11.3. The van der Waals surface area contributed by atoms with Crippen LogP contribution in [0.2, 0.25) is 0 Å². The standard InChI is InChI=1S/C25H26BrN3O2/c1-3-29(4-2)23-13-7-19(8-14-23)17-27-28-25(30)21-9-15-24(16-10-21)31-18-20-5-11-22(26)12-6-20/h5-17H,3-4,18H2,1-2H3,(H,28,30). The van der Waals surface area contributed by atoms with Gasteiger partial charge in [-0.2, -0.15) is 5.10 Å². The van der Waals surface area contributed by atoms with Gasteiger partial charge in [0.15, 0.2) is 0 Å². The van der Waals surface area contributed by atoms with Gasteiger partial charge in [-0.05, 0) is 73.5 Å². The summed E-state index contributed by atoms with van der Waals surface area (Å²) in [5.74, 6) is 0.437. The number of nitrogens with one attached hydrogen (secondary N) is 1. The van der Waals surface area contributed by atoms with Crippen LogP contribution in [-0.4, -0.2) is 25.2 Å². The molecule has 0 unspecified atom stereocenters. The molecule has 0 atom stereocenters. The van der Waals surface area contributed by atoms with Crippen LogP contribution in [0.4, 0.5) is 5.69 Å². The van der Waals surface area contributed by atoms with Gasteiger partial charge in [-0.3, -0.25) is 4.79 Å². The van der Waals surface area contributed by atoms with Crippen molar-refractivity contribution in [2.24, 2.45) is 5.10 Å². The zero-order valence-electron chi connectivity index (χ0n) is 17.7. The predicted molar refractivity (Wildman–Crippen MR) is 130 cm³/mol. The van der Waals surface area contributed by atoms with Gasteiger partial charge in [0, 0.05) is 28.8 Å². The summed E-state index contributed by atoms with van der Waals surface area (Å²) in [5, 5.41) is 4.07. The van der Waals surface area contributed by atoms with Gasteiger partial charge in [-0.15, -0.1) is 0 Å². The highest BCUT2D eigenvalue weighted by Gasteiger charge is 2.05. The molecule has 0 saturated heterocycles. The van der Waals surface area contributed by atoms with Crippen molar-refractivity contribution < 1.29 is 9.53 Å². The van der Waals surface area contributed by atoms with Crippen molar-refractivity contribution in [2.75, 3.05) is 18.0 Å². The minimum Gasteiger partial charge on any atom is -0.489 e. The molecule has 3 aromatic rings. The zero-order chi connectivity index (χ0) is 22.1. The summed E-state index contributed by atoms with van der Waals surface area (Å²) in [7, 11) is 0. The molecule has 0 spiro atoms. The highest BCUT2D eigenvalue weighted by atomic mass is 79.9. The van der Waals surface area contributed by atoms with Gasteiger partial charge in [0.2, 0.25) is 0 Å². The number of anilines is 1. The predicted octanol–water partition coefficient (Wildman–Crippen LogP) is 5.64. The summed E-state index contributed by atoms with van der Waals surface area (Å²) in [6.07, 6.45) is 1.64. The van der Waals surface area contributed by atoms with E-state index in [4.69, 9.17) is 4.74 Å². The number of rotatable bonds is 9. The Balaban J connectivity index is 1.50. The van der Waals surface area contributed by atoms with Crippen molar-refractivity contribution >= 4 is 33.7 Å². The number of hydrogen-bond donors (Lipinski definition) is 1. The Morgan fingerprint density at radius 2 is 1.61 bits per heavy atom. The minimum absolute atomic E-state index is 0.268. The molecule has 3 rings (SSSR count). The maximum Gasteiger partial charge on any atom is 0.271 e. The summed E-state index contributed by atoms with van der Waals surface area (Å²) in [4.78, 5) is 14.6. The zero-order valence-corrected chi connectivity index (χ0v) is 19.3. The van der Waals surface area contributed by atoms with Crippen molar-refractivity contribution in [1.82, 2.24) is 5.43 Å². The van der Waals surface area contributed by atoms with E-state index in [9.17, 15) is 4.79 Å².